The zero-order valence-electron chi connectivity index (χ0n) is 8.90. The first-order valence-corrected chi connectivity index (χ1v) is 5.20. The lowest BCUT2D eigenvalue weighted by Gasteiger charge is -2.35. The Labute approximate surface area is 85.7 Å². The number of hydrogen-bond donors (Lipinski definition) is 1. The topological polar surface area (TPSA) is 29.3 Å². The van der Waals surface area contributed by atoms with E-state index in [4.69, 9.17) is 5.73 Å². The molecule has 0 spiro atoms. The minimum absolute atomic E-state index is 0.176. The molecule has 0 saturated carbocycles. The van der Waals surface area contributed by atoms with E-state index in [9.17, 15) is 0 Å². The molecule has 2 N–H and O–H groups in total. The number of rotatable bonds is 1. The first-order valence-electron chi connectivity index (χ1n) is 5.20. The number of nitrogens with two attached hydrogens (primary N) is 1. The molecule has 0 aromatic heterocycles. The summed E-state index contributed by atoms with van der Waals surface area (Å²) in [6.45, 7) is 0. The van der Waals surface area contributed by atoms with E-state index in [0.717, 1.165) is 6.42 Å². The SMILES string of the molecule is CN(C)[C@H]1CCc2ccccc2[C@H]1N. The van der Waals surface area contributed by atoms with E-state index in [1.165, 1.54) is 17.5 Å². The van der Waals surface area contributed by atoms with Gasteiger partial charge in [-0.15, -0.1) is 0 Å². The average Bonchev–Trinajstić information content (AvgIpc) is 2.18. The van der Waals surface area contributed by atoms with Gasteiger partial charge in [0.1, 0.15) is 0 Å². The van der Waals surface area contributed by atoms with Crippen molar-refractivity contribution < 1.29 is 0 Å². The van der Waals surface area contributed by atoms with Crippen LogP contribution in [0.1, 0.15) is 23.6 Å². The second-order valence-corrected chi connectivity index (χ2v) is 4.29. The summed E-state index contributed by atoms with van der Waals surface area (Å²) in [7, 11) is 4.22. The van der Waals surface area contributed by atoms with Crippen LogP contribution in [0, 0.1) is 0 Å². The molecular weight excluding hydrogens is 172 g/mol. The van der Waals surface area contributed by atoms with Crippen LogP contribution in [0.15, 0.2) is 24.3 Å². The molecule has 14 heavy (non-hydrogen) atoms. The minimum atomic E-state index is 0.176. The van der Waals surface area contributed by atoms with E-state index in [2.05, 4.69) is 43.3 Å². The minimum Gasteiger partial charge on any atom is -0.323 e. The van der Waals surface area contributed by atoms with E-state index in [1.54, 1.807) is 0 Å². The van der Waals surface area contributed by atoms with Crippen LogP contribution in [0.4, 0.5) is 0 Å². The quantitative estimate of drug-likeness (QED) is 0.728. The number of hydrogen-bond acceptors (Lipinski definition) is 2. The normalized spacial score (nSPS) is 26.3. The van der Waals surface area contributed by atoms with Crippen molar-refractivity contribution in [3.63, 3.8) is 0 Å². The van der Waals surface area contributed by atoms with Crippen molar-refractivity contribution >= 4 is 0 Å². The molecule has 0 aliphatic heterocycles. The molecule has 0 fully saturated rings. The van der Waals surface area contributed by atoms with Crippen molar-refractivity contribution in [2.24, 2.45) is 5.73 Å². The van der Waals surface area contributed by atoms with Gasteiger partial charge in [-0.3, -0.25) is 0 Å². The zero-order chi connectivity index (χ0) is 10.1. The fourth-order valence-corrected chi connectivity index (χ4v) is 2.36. The zero-order valence-corrected chi connectivity index (χ0v) is 8.90. The Morgan fingerprint density at radius 3 is 2.71 bits per heavy atom. The molecule has 1 aliphatic carbocycles. The molecular formula is C12H18N2. The average molecular weight is 190 g/mol. The van der Waals surface area contributed by atoms with Crippen molar-refractivity contribution in [1.82, 2.24) is 4.90 Å². The maximum atomic E-state index is 6.25. The van der Waals surface area contributed by atoms with Gasteiger partial charge in [0.25, 0.3) is 0 Å². The molecule has 2 nitrogen and oxygen atoms in total. The monoisotopic (exact) mass is 190 g/mol. The van der Waals surface area contributed by atoms with Crippen LogP contribution >= 0.6 is 0 Å². The highest BCUT2D eigenvalue weighted by atomic mass is 15.1. The number of fused-ring (bicyclic) bond motifs is 1. The molecule has 0 amide bonds. The van der Waals surface area contributed by atoms with E-state index in [1.807, 2.05) is 0 Å². The van der Waals surface area contributed by atoms with Gasteiger partial charge in [-0.2, -0.15) is 0 Å². The van der Waals surface area contributed by atoms with Crippen LogP contribution in [0.3, 0.4) is 0 Å². The summed E-state index contributed by atoms with van der Waals surface area (Å²) in [6, 6.07) is 9.20. The molecule has 0 saturated heterocycles. The van der Waals surface area contributed by atoms with Gasteiger partial charge in [-0.05, 0) is 38.1 Å². The van der Waals surface area contributed by atoms with Crippen LogP contribution in [0.2, 0.25) is 0 Å². The van der Waals surface area contributed by atoms with Gasteiger partial charge in [0.15, 0.2) is 0 Å². The van der Waals surface area contributed by atoms with E-state index in [0.29, 0.717) is 6.04 Å². The highest BCUT2D eigenvalue weighted by molar-refractivity contribution is 5.33. The standard InChI is InChI=1S/C12H18N2/c1-14(2)11-8-7-9-5-3-4-6-10(9)12(11)13/h3-6,11-12H,7-8,13H2,1-2H3/t11-,12+/m0/s1. The first-order chi connectivity index (χ1) is 6.70. The lowest BCUT2D eigenvalue weighted by molar-refractivity contribution is 0.231. The Hall–Kier alpha value is -0.860. The maximum Gasteiger partial charge on any atom is 0.0455 e. The third-order valence-corrected chi connectivity index (χ3v) is 3.20. The number of benzene rings is 1. The van der Waals surface area contributed by atoms with Gasteiger partial charge in [0.05, 0.1) is 0 Å². The predicted molar refractivity (Wildman–Crippen MR) is 59.2 cm³/mol. The summed E-state index contributed by atoms with van der Waals surface area (Å²) in [4.78, 5) is 2.24. The lowest BCUT2D eigenvalue weighted by atomic mass is 9.84. The Balaban J connectivity index is 2.31. The van der Waals surface area contributed by atoms with E-state index >= 15 is 0 Å². The van der Waals surface area contributed by atoms with Crippen LogP contribution < -0.4 is 5.73 Å². The van der Waals surface area contributed by atoms with Crippen molar-refractivity contribution in [2.75, 3.05) is 14.1 Å². The highest BCUT2D eigenvalue weighted by Crippen LogP contribution is 2.29. The molecule has 2 heteroatoms. The summed E-state index contributed by atoms with van der Waals surface area (Å²) < 4.78 is 0. The van der Waals surface area contributed by atoms with Crippen LogP contribution in [0.25, 0.3) is 0 Å². The molecule has 1 aromatic rings. The van der Waals surface area contributed by atoms with Gasteiger partial charge in [0.2, 0.25) is 0 Å². The fourth-order valence-electron chi connectivity index (χ4n) is 2.36. The molecule has 0 heterocycles. The number of nitrogens with zero attached hydrogens (tertiary/aromatic N) is 1. The van der Waals surface area contributed by atoms with E-state index in [-0.39, 0.29) is 6.04 Å². The highest BCUT2D eigenvalue weighted by Gasteiger charge is 2.27. The Kier molecular flexibility index (Phi) is 2.57. The Morgan fingerprint density at radius 1 is 1.29 bits per heavy atom. The summed E-state index contributed by atoms with van der Waals surface area (Å²) in [5.41, 5.74) is 9.01. The molecule has 1 aliphatic rings. The van der Waals surface area contributed by atoms with Gasteiger partial charge in [-0.25, -0.2) is 0 Å². The molecule has 2 atom stereocenters. The summed E-state index contributed by atoms with van der Waals surface area (Å²) in [5.74, 6) is 0. The second-order valence-electron chi connectivity index (χ2n) is 4.29. The summed E-state index contributed by atoms with van der Waals surface area (Å²) >= 11 is 0. The van der Waals surface area contributed by atoms with Gasteiger partial charge < -0.3 is 10.6 Å². The lowest BCUT2D eigenvalue weighted by Crippen LogP contribution is -2.41. The molecule has 0 unspecified atom stereocenters. The van der Waals surface area contributed by atoms with Gasteiger partial charge in [0, 0.05) is 12.1 Å². The van der Waals surface area contributed by atoms with Gasteiger partial charge in [-0.1, -0.05) is 24.3 Å². The van der Waals surface area contributed by atoms with Gasteiger partial charge >= 0.3 is 0 Å². The van der Waals surface area contributed by atoms with Crippen LogP contribution in [-0.4, -0.2) is 25.0 Å². The molecule has 76 valence electrons. The molecule has 2 rings (SSSR count). The third-order valence-electron chi connectivity index (χ3n) is 3.20. The maximum absolute atomic E-state index is 6.25. The summed E-state index contributed by atoms with van der Waals surface area (Å²) in [5, 5.41) is 0. The summed E-state index contributed by atoms with van der Waals surface area (Å²) in [6.07, 6.45) is 2.33. The van der Waals surface area contributed by atoms with Crippen molar-refractivity contribution in [1.29, 1.82) is 0 Å². The van der Waals surface area contributed by atoms with Crippen molar-refractivity contribution in [3.8, 4) is 0 Å². The van der Waals surface area contributed by atoms with Crippen LogP contribution in [-0.2, 0) is 6.42 Å². The smallest absolute Gasteiger partial charge is 0.0455 e. The predicted octanol–water partition coefficient (Wildman–Crippen LogP) is 1.56. The molecule has 0 bridgehead atoms. The first kappa shape index (κ1) is 9.69. The number of aryl methyl sites for hydroxylation is 1. The second kappa shape index (κ2) is 3.71. The fraction of sp³-hybridized carbons (Fsp3) is 0.500. The Morgan fingerprint density at radius 2 is 2.00 bits per heavy atom. The number of likely N-dealkylation sites (N-methyl/N-ethyl adjacent to an activating group) is 1. The third kappa shape index (κ3) is 1.56. The molecule has 1 aromatic carbocycles. The van der Waals surface area contributed by atoms with E-state index < -0.39 is 0 Å². The molecule has 0 radical (unpaired) electrons. The van der Waals surface area contributed by atoms with Crippen molar-refractivity contribution in [3.05, 3.63) is 35.4 Å². The van der Waals surface area contributed by atoms with Crippen LogP contribution in [0.5, 0.6) is 0 Å². The Bertz CT molecular complexity index is 320. The largest absolute Gasteiger partial charge is 0.323 e. The van der Waals surface area contributed by atoms with Crippen molar-refractivity contribution in [2.45, 2.75) is 24.9 Å².